The summed E-state index contributed by atoms with van der Waals surface area (Å²) in [5, 5.41) is 4.13. The molecule has 0 fully saturated rings. The average molecular weight is 371 g/mol. The first-order valence-corrected chi connectivity index (χ1v) is 9.14. The minimum atomic E-state index is -3.46. The van der Waals surface area contributed by atoms with E-state index in [-0.39, 0.29) is 10.3 Å². The molecule has 0 radical (unpaired) electrons. The van der Waals surface area contributed by atoms with E-state index >= 15 is 0 Å². The molecule has 23 heavy (non-hydrogen) atoms. The molecule has 0 saturated carbocycles. The van der Waals surface area contributed by atoms with Crippen LogP contribution in [0, 0.1) is 6.92 Å². The van der Waals surface area contributed by atoms with Gasteiger partial charge in [0.15, 0.2) is 5.82 Å². The molecule has 9 heteroatoms. The number of halogens is 2. The van der Waals surface area contributed by atoms with Crippen LogP contribution in [0.4, 0.5) is 11.5 Å². The first-order chi connectivity index (χ1) is 10.8. The van der Waals surface area contributed by atoms with Gasteiger partial charge in [-0.2, -0.15) is 4.98 Å². The van der Waals surface area contributed by atoms with Crippen molar-refractivity contribution in [3.8, 4) is 0 Å². The number of nitrogens with zero attached hydrogens (tertiary/aromatic N) is 3. The smallest absolute Gasteiger partial charge is 0.236 e. The van der Waals surface area contributed by atoms with Gasteiger partial charge in [-0.1, -0.05) is 23.7 Å². The number of fused-ring (bicyclic) bond motifs is 1. The van der Waals surface area contributed by atoms with Crippen LogP contribution < -0.4 is 5.32 Å². The monoisotopic (exact) mass is 370 g/mol. The first-order valence-electron chi connectivity index (χ1n) is 6.54. The number of benzene rings is 1. The Morgan fingerprint density at radius 1 is 1.26 bits per heavy atom. The van der Waals surface area contributed by atoms with Gasteiger partial charge < -0.3 is 5.32 Å². The summed E-state index contributed by atoms with van der Waals surface area (Å²) in [4.78, 5) is 7.81. The van der Waals surface area contributed by atoms with Crippen LogP contribution >= 0.6 is 23.2 Å². The number of hydrogen-bond donors (Lipinski definition) is 1. The van der Waals surface area contributed by atoms with Crippen LogP contribution in [0.5, 0.6) is 0 Å². The average Bonchev–Trinajstić information content (AvgIpc) is 2.80. The summed E-state index contributed by atoms with van der Waals surface area (Å²) < 4.78 is 25.5. The Bertz CT molecular complexity index is 1020. The van der Waals surface area contributed by atoms with Crippen molar-refractivity contribution in [2.24, 2.45) is 0 Å². The van der Waals surface area contributed by atoms with Gasteiger partial charge in [0.25, 0.3) is 0 Å². The number of aromatic nitrogens is 3. The lowest BCUT2D eigenvalue weighted by atomic mass is 10.2. The zero-order valence-electron chi connectivity index (χ0n) is 12.2. The Morgan fingerprint density at radius 3 is 2.70 bits per heavy atom. The normalized spacial score (nSPS) is 11.8. The lowest BCUT2D eigenvalue weighted by molar-refractivity contribution is 0.594. The third kappa shape index (κ3) is 2.99. The summed E-state index contributed by atoms with van der Waals surface area (Å²) in [5.41, 5.74) is 1.69. The second-order valence-electron chi connectivity index (χ2n) is 5.02. The molecule has 2 aromatic heterocycles. The number of aryl methyl sites for hydroxylation is 1. The molecule has 0 saturated heterocycles. The summed E-state index contributed by atoms with van der Waals surface area (Å²) in [6.45, 7) is 1.74. The highest BCUT2D eigenvalue weighted by Crippen LogP contribution is 2.32. The van der Waals surface area contributed by atoms with Gasteiger partial charge in [0.1, 0.15) is 5.02 Å². The van der Waals surface area contributed by atoms with E-state index in [0.717, 1.165) is 11.6 Å². The van der Waals surface area contributed by atoms with Gasteiger partial charge in [0.2, 0.25) is 15.3 Å². The van der Waals surface area contributed by atoms with Gasteiger partial charge in [-0.05, 0) is 30.7 Å². The Kier molecular flexibility index (Phi) is 3.95. The SMILES string of the molecule is Cc1cc2cccc(Nc3nc(Cl)ncc3Cl)c2n1S(C)(=O)=O. The van der Waals surface area contributed by atoms with Gasteiger partial charge >= 0.3 is 0 Å². The van der Waals surface area contributed by atoms with Crippen molar-refractivity contribution in [2.45, 2.75) is 6.92 Å². The molecule has 6 nitrogen and oxygen atoms in total. The van der Waals surface area contributed by atoms with Crippen molar-refractivity contribution >= 4 is 55.6 Å². The minimum Gasteiger partial charge on any atom is -0.337 e. The van der Waals surface area contributed by atoms with Gasteiger partial charge in [0.05, 0.1) is 23.7 Å². The van der Waals surface area contributed by atoms with Crippen LogP contribution in [0.25, 0.3) is 10.9 Å². The van der Waals surface area contributed by atoms with E-state index in [1.165, 1.54) is 10.2 Å². The number of rotatable bonds is 3. The highest BCUT2D eigenvalue weighted by molar-refractivity contribution is 7.89. The maximum atomic E-state index is 12.1. The molecule has 0 amide bonds. The van der Waals surface area contributed by atoms with E-state index in [9.17, 15) is 8.42 Å². The molecule has 0 aliphatic heterocycles. The molecule has 1 aromatic carbocycles. The van der Waals surface area contributed by atoms with E-state index in [2.05, 4.69) is 15.3 Å². The fraction of sp³-hybridized carbons (Fsp3) is 0.143. The van der Waals surface area contributed by atoms with Crippen molar-refractivity contribution in [2.75, 3.05) is 11.6 Å². The molecule has 0 aliphatic rings. The summed E-state index contributed by atoms with van der Waals surface area (Å²) in [5.74, 6) is 0.304. The highest BCUT2D eigenvalue weighted by atomic mass is 35.5. The zero-order chi connectivity index (χ0) is 16.8. The summed E-state index contributed by atoms with van der Waals surface area (Å²) in [6.07, 6.45) is 2.53. The molecule has 1 N–H and O–H groups in total. The number of nitrogens with one attached hydrogen (secondary N) is 1. The van der Waals surface area contributed by atoms with Gasteiger partial charge in [-0.25, -0.2) is 17.4 Å². The second kappa shape index (κ2) is 5.67. The largest absolute Gasteiger partial charge is 0.337 e. The molecule has 0 bridgehead atoms. The van der Waals surface area contributed by atoms with Crippen molar-refractivity contribution in [3.63, 3.8) is 0 Å². The molecular weight excluding hydrogens is 359 g/mol. The van der Waals surface area contributed by atoms with Gasteiger partial charge in [-0.3, -0.25) is 0 Å². The van der Waals surface area contributed by atoms with Crippen LogP contribution in [0.15, 0.2) is 30.5 Å². The van der Waals surface area contributed by atoms with E-state index in [0.29, 0.717) is 22.7 Å². The Hall–Kier alpha value is -1.83. The Morgan fingerprint density at radius 2 is 2.00 bits per heavy atom. The Labute approximate surface area is 143 Å². The van der Waals surface area contributed by atoms with Gasteiger partial charge in [-0.15, -0.1) is 0 Å². The predicted molar refractivity (Wildman–Crippen MR) is 92.3 cm³/mol. The maximum Gasteiger partial charge on any atom is 0.236 e. The van der Waals surface area contributed by atoms with Crippen LogP contribution in [-0.4, -0.2) is 28.6 Å². The van der Waals surface area contributed by atoms with Crippen LogP contribution in [0.2, 0.25) is 10.3 Å². The third-order valence-corrected chi connectivity index (χ3v) is 4.85. The lowest BCUT2D eigenvalue weighted by Gasteiger charge is -2.12. The Balaban J connectivity index is 2.24. The van der Waals surface area contributed by atoms with Crippen molar-refractivity contribution < 1.29 is 8.42 Å². The quantitative estimate of drug-likeness (QED) is 0.712. The molecule has 0 unspecified atom stereocenters. The van der Waals surface area contributed by atoms with Crippen LogP contribution in [-0.2, 0) is 10.0 Å². The van der Waals surface area contributed by atoms with Crippen molar-refractivity contribution in [1.29, 1.82) is 0 Å². The number of hydrogen-bond acceptors (Lipinski definition) is 5. The topological polar surface area (TPSA) is 76.9 Å². The number of para-hydroxylation sites is 1. The third-order valence-electron chi connectivity index (χ3n) is 3.25. The molecule has 2 heterocycles. The summed E-state index contributed by atoms with van der Waals surface area (Å²) >= 11 is 11.8. The van der Waals surface area contributed by atoms with E-state index in [1.807, 2.05) is 12.1 Å². The molecule has 0 spiro atoms. The van der Waals surface area contributed by atoms with Crippen molar-refractivity contribution in [3.05, 3.63) is 46.5 Å². The standard InChI is InChI=1S/C14H12Cl2N4O2S/c1-8-6-9-4-3-5-11(12(9)20(8)23(2,21)22)18-13-10(15)7-17-14(16)19-13/h3-7H,1-2H3,(H,17,18,19). The molecule has 3 aromatic rings. The highest BCUT2D eigenvalue weighted by Gasteiger charge is 2.17. The molecule has 3 rings (SSSR count). The molecule has 120 valence electrons. The molecule has 0 atom stereocenters. The second-order valence-corrected chi connectivity index (χ2v) is 7.59. The fourth-order valence-electron chi connectivity index (χ4n) is 2.45. The van der Waals surface area contributed by atoms with E-state index in [1.54, 1.807) is 19.1 Å². The van der Waals surface area contributed by atoms with E-state index < -0.39 is 10.0 Å². The first kappa shape index (κ1) is 16.0. The van der Waals surface area contributed by atoms with E-state index in [4.69, 9.17) is 23.2 Å². The van der Waals surface area contributed by atoms with Crippen LogP contribution in [0.3, 0.4) is 0 Å². The summed E-state index contributed by atoms with van der Waals surface area (Å²) in [6, 6.07) is 7.20. The maximum absolute atomic E-state index is 12.1. The van der Waals surface area contributed by atoms with Gasteiger partial charge in [0, 0.05) is 11.1 Å². The zero-order valence-corrected chi connectivity index (χ0v) is 14.5. The minimum absolute atomic E-state index is 0.0405. The summed E-state index contributed by atoms with van der Waals surface area (Å²) in [7, 11) is -3.46. The van der Waals surface area contributed by atoms with Crippen LogP contribution in [0.1, 0.15) is 5.69 Å². The predicted octanol–water partition coefficient (Wildman–Crippen LogP) is 3.60. The van der Waals surface area contributed by atoms with Crippen molar-refractivity contribution in [1.82, 2.24) is 13.9 Å². The molecule has 0 aliphatic carbocycles. The molecular formula is C14H12Cl2N4O2S. The fourth-order valence-corrected chi connectivity index (χ4v) is 3.84. The number of anilines is 2. The lowest BCUT2D eigenvalue weighted by Crippen LogP contribution is -2.12.